The Labute approximate surface area is 187 Å². The van der Waals surface area contributed by atoms with Crippen molar-refractivity contribution in [3.63, 3.8) is 0 Å². The largest absolute Gasteiger partial charge is 0.883 e. The highest BCUT2D eigenvalue weighted by Gasteiger charge is 2.24. The van der Waals surface area contributed by atoms with Gasteiger partial charge < -0.3 is 15.1 Å². The van der Waals surface area contributed by atoms with E-state index in [1.54, 1.807) is 12.1 Å². The number of allylic oxidation sites excluding steroid dienone is 2. The topological polar surface area (TPSA) is 95.9 Å². The molecule has 0 fully saturated rings. The normalized spacial score (nSPS) is 15.5. The molecule has 1 heterocycles. The molecule has 0 spiro atoms. The first-order valence-corrected chi connectivity index (χ1v) is 11.9. The molecule has 2 aromatic rings. The van der Waals surface area contributed by atoms with Crippen LogP contribution in [-0.2, 0) is 15.4 Å². The zero-order valence-electron chi connectivity index (χ0n) is 18.0. The van der Waals surface area contributed by atoms with Crippen molar-refractivity contribution in [1.29, 1.82) is 0 Å². The molecule has 0 amide bonds. The van der Waals surface area contributed by atoms with Gasteiger partial charge in [-0.2, -0.15) is 18.8 Å². The first-order chi connectivity index (χ1) is 14.4. The van der Waals surface area contributed by atoms with Crippen LogP contribution in [0, 0.1) is 0 Å². The van der Waals surface area contributed by atoms with Crippen molar-refractivity contribution >= 4 is 33.2 Å². The van der Waals surface area contributed by atoms with Gasteiger partial charge in [0.2, 0.25) is 0 Å². The van der Waals surface area contributed by atoms with Gasteiger partial charge in [0.25, 0.3) is 10.0 Å². The quantitative estimate of drug-likeness (QED) is 0.657. The maximum atomic E-state index is 13.2. The van der Waals surface area contributed by atoms with E-state index in [0.717, 1.165) is 28.6 Å². The standard InChI is InChI=1S/C23H26N2O4S2/c1-23(2,3)16-8-11-20(18(14-16)15-6-9-17(10-7-15)25(4)5)31(28,29)24-19-12-13-30-21(19)22(26)27/h6-14,26-27H,1-5H3/p-2/b24-19+. The number of anilines is 1. The van der Waals surface area contributed by atoms with Crippen LogP contribution in [0.1, 0.15) is 26.3 Å². The minimum Gasteiger partial charge on any atom is -0.883 e. The van der Waals surface area contributed by atoms with Crippen LogP contribution in [0.3, 0.4) is 0 Å². The average Bonchev–Trinajstić information content (AvgIpc) is 3.14. The average molecular weight is 457 g/mol. The van der Waals surface area contributed by atoms with E-state index in [4.69, 9.17) is 0 Å². The van der Waals surface area contributed by atoms with Gasteiger partial charge in [0.05, 0.1) is 10.6 Å². The van der Waals surface area contributed by atoms with Gasteiger partial charge in [0, 0.05) is 30.3 Å². The third-order valence-electron chi connectivity index (χ3n) is 4.87. The van der Waals surface area contributed by atoms with E-state index in [1.807, 2.05) is 49.3 Å². The second kappa shape index (κ2) is 8.43. The number of hydrogen-bond donors (Lipinski definition) is 0. The summed E-state index contributed by atoms with van der Waals surface area (Å²) in [6.07, 6.45) is 1.36. The highest BCUT2D eigenvalue weighted by atomic mass is 32.2. The number of hydrogen-bond acceptors (Lipinski definition) is 6. The first kappa shape index (κ1) is 23.0. The van der Waals surface area contributed by atoms with Gasteiger partial charge >= 0.3 is 0 Å². The fourth-order valence-electron chi connectivity index (χ4n) is 3.09. The molecule has 0 radical (unpaired) electrons. The Morgan fingerprint density at radius 2 is 1.68 bits per heavy atom. The molecule has 3 rings (SSSR count). The van der Waals surface area contributed by atoms with Crippen molar-refractivity contribution in [2.75, 3.05) is 19.0 Å². The minimum atomic E-state index is -4.18. The molecule has 2 aromatic carbocycles. The van der Waals surface area contributed by atoms with Crippen molar-refractivity contribution in [3.8, 4) is 11.1 Å². The summed E-state index contributed by atoms with van der Waals surface area (Å²) >= 11 is 0.879. The Morgan fingerprint density at radius 1 is 1.03 bits per heavy atom. The molecule has 0 aromatic heterocycles. The van der Waals surface area contributed by atoms with Crippen LogP contribution in [-0.4, -0.2) is 28.2 Å². The van der Waals surface area contributed by atoms with Crippen LogP contribution in [0.4, 0.5) is 5.69 Å². The van der Waals surface area contributed by atoms with E-state index >= 15 is 0 Å². The van der Waals surface area contributed by atoms with E-state index in [-0.39, 0.29) is 20.9 Å². The Bertz CT molecular complexity index is 1180. The lowest BCUT2D eigenvalue weighted by Gasteiger charge is -2.22. The fourth-order valence-corrected chi connectivity index (χ4v) is 5.02. The van der Waals surface area contributed by atoms with Gasteiger partial charge in [-0.25, -0.2) is 0 Å². The van der Waals surface area contributed by atoms with Crippen LogP contribution in [0.25, 0.3) is 11.1 Å². The molecule has 0 N–H and O–H groups in total. The second-order valence-corrected chi connectivity index (χ2v) is 10.9. The van der Waals surface area contributed by atoms with Crippen molar-refractivity contribution in [2.24, 2.45) is 4.40 Å². The maximum absolute atomic E-state index is 13.2. The lowest BCUT2D eigenvalue weighted by molar-refractivity contribution is -0.513. The summed E-state index contributed by atoms with van der Waals surface area (Å²) in [4.78, 5) is 1.76. The summed E-state index contributed by atoms with van der Waals surface area (Å²) in [5, 5.41) is 24.0. The van der Waals surface area contributed by atoms with Crippen molar-refractivity contribution < 1.29 is 18.6 Å². The van der Waals surface area contributed by atoms with Gasteiger partial charge in [0.15, 0.2) is 0 Å². The minimum absolute atomic E-state index is 0.0219. The van der Waals surface area contributed by atoms with Gasteiger partial charge in [0.1, 0.15) is 0 Å². The summed E-state index contributed by atoms with van der Waals surface area (Å²) in [7, 11) is -0.316. The van der Waals surface area contributed by atoms with Crippen LogP contribution in [0.15, 0.2) is 74.1 Å². The van der Waals surface area contributed by atoms with E-state index < -0.39 is 16.0 Å². The lowest BCUT2D eigenvalue weighted by atomic mass is 9.85. The summed E-state index contributed by atoms with van der Waals surface area (Å²) in [6, 6.07) is 12.7. The summed E-state index contributed by atoms with van der Waals surface area (Å²) in [5.41, 5.74) is 2.90. The summed E-state index contributed by atoms with van der Waals surface area (Å²) in [6.45, 7) is 6.16. The number of rotatable bonds is 4. The number of benzene rings is 2. The van der Waals surface area contributed by atoms with Crippen LogP contribution in [0.2, 0.25) is 0 Å². The van der Waals surface area contributed by atoms with Gasteiger partial charge in [-0.15, -0.1) is 0 Å². The maximum Gasteiger partial charge on any atom is 0.283 e. The molecule has 0 saturated heterocycles. The summed E-state index contributed by atoms with van der Waals surface area (Å²) < 4.78 is 30.3. The Kier molecular flexibility index (Phi) is 6.25. The van der Waals surface area contributed by atoms with Crippen molar-refractivity contribution in [3.05, 3.63) is 70.4 Å². The van der Waals surface area contributed by atoms with E-state index in [0.29, 0.717) is 5.56 Å². The van der Waals surface area contributed by atoms with Crippen LogP contribution in [0.5, 0.6) is 0 Å². The Morgan fingerprint density at radius 3 is 2.23 bits per heavy atom. The SMILES string of the molecule is CN(C)c1ccc(-c2cc(C(C)(C)C)ccc2S(=O)(=O)/N=C2\C=CSC2=C([O-])[O-])cc1. The van der Waals surface area contributed by atoms with Crippen molar-refractivity contribution in [2.45, 2.75) is 31.1 Å². The molecule has 0 unspecified atom stereocenters. The second-order valence-electron chi connectivity index (χ2n) is 8.39. The molecule has 8 heteroatoms. The van der Waals surface area contributed by atoms with Gasteiger partial charge in [-0.1, -0.05) is 50.7 Å². The monoisotopic (exact) mass is 456 g/mol. The molecule has 164 valence electrons. The molecule has 0 atom stereocenters. The van der Waals surface area contributed by atoms with Crippen molar-refractivity contribution in [1.82, 2.24) is 0 Å². The third-order valence-corrected chi connectivity index (χ3v) is 7.10. The van der Waals surface area contributed by atoms with E-state index in [1.165, 1.54) is 11.5 Å². The molecule has 6 nitrogen and oxygen atoms in total. The number of sulfonamides is 1. The number of nitrogens with zero attached hydrogens (tertiary/aromatic N) is 2. The molecule has 31 heavy (non-hydrogen) atoms. The molecule has 0 bridgehead atoms. The predicted molar refractivity (Wildman–Crippen MR) is 123 cm³/mol. The predicted octanol–water partition coefficient (Wildman–Crippen LogP) is 3.00. The smallest absolute Gasteiger partial charge is 0.283 e. The third kappa shape index (κ3) is 4.97. The Hall–Kier alpha value is -2.71. The highest BCUT2D eigenvalue weighted by molar-refractivity contribution is 8.07. The summed E-state index contributed by atoms with van der Waals surface area (Å²) in [5.74, 6) is -1.45. The molecule has 1 aliphatic rings. The van der Waals surface area contributed by atoms with E-state index in [9.17, 15) is 18.6 Å². The molecule has 1 aliphatic heterocycles. The Balaban J connectivity index is 2.20. The van der Waals surface area contributed by atoms with Crippen LogP contribution >= 0.6 is 11.8 Å². The zero-order chi connectivity index (χ0) is 23.0. The van der Waals surface area contributed by atoms with Gasteiger partial charge in [-0.05, 0) is 52.3 Å². The lowest BCUT2D eigenvalue weighted by Crippen LogP contribution is -2.22. The first-order valence-electron chi connectivity index (χ1n) is 9.59. The number of thioether (sulfide) groups is 1. The van der Waals surface area contributed by atoms with Crippen LogP contribution < -0.4 is 15.1 Å². The van der Waals surface area contributed by atoms with Gasteiger partial charge in [-0.3, -0.25) is 0 Å². The molecule has 0 aliphatic carbocycles. The fraction of sp³-hybridized carbons (Fsp3) is 0.261. The molecular formula is C23H24N2O4S2-2. The molecule has 0 saturated carbocycles. The molecular weight excluding hydrogens is 432 g/mol. The highest BCUT2D eigenvalue weighted by Crippen LogP contribution is 2.35. The van der Waals surface area contributed by atoms with E-state index in [2.05, 4.69) is 25.2 Å². The zero-order valence-corrected chi connectivity index (χ0v) is 19.7.